The molecule has 0 fully saturated rings. The summed E-state index contributed by atoms with van der Waals surface area (Å²) < 4.78 is 0. The van der Waals surface area contributed by atoms with Gasteiger partial charge in [0.2, 0.25) is 0 Å². The average molecular weight is 287 g/mol. The Morgan fingerprint density at radius 3 is 2.05 bits per heavy atom. The first-order chi connectivity index (χ1) is 10.7. The molecule has 0 unspecified atom stereocenters. The van der Waals surface area contributed by atoms with E-state index in [4.69, 9.17) is 5.73 Å². The number of para-hydroxylation sites is 1. The minimum atomic E-state index is 0.737. The molecule has 0 radical (unpaired) electrons. The molecule has 0 spiro atoms. The van der Waals surface area contributed by atoms with Gasteiger partial charge in [0.1, 0.15) is 0 Å². The molecular formula is C19H17N3. The number of nitrogens with zero attached hydrogens (tertiary/aromatic N) is 2. The number of anilines is 1. The summed E-state index contributed by atoms with van der Waals surface area (Å²) >= 11 is 0. The highest BCUT2D eigenvalue weighted by molar-refractivity contribution is 5.83. The van der Waals surface area contributed by atoms with Crippen molar-refractivity contribution in [3.8, 4) is 11.1 Å². The Morgan fingerprint density at radius 1 is 0.682 bits per heavy atom. The van der Waals surface area contributed by atoms with Crippen molar-refractivity contribution in [1.29, 1.82) is 0 Å². The van der Waals surface area contributed by atoms with Crippen molar-refractivity contribution in [3.63, 3.8) is 0 Å². The molecule has 22 heavy (non-hydrogen) atoms. The van der Waals surface area contributed by atoms with Crippen LogP contribution in [0.4, 0.5) is 17.1 Å². The fourth-order valence-electron chi connectivity index (χ4n) is 2.25. The summed E-state index contributed by atoms with van der Waals surface area (Å²) in [7, 11) is 0. The van der Waals surface area contributed by atoms with Crippen LogP contribution in [0.5, 0.6) is 0 Å². The van der Waals surface area contributed by atoms with Crippen LogP contribution in [0.15, 0.2) is 83.0 Å². The van der Waals surface area contributed by atoms with E-state index < -0.39 is 0 Å². The number of azo groups is 1. The second-order valence-corrected chi connectivity index (χ2v) is 5.14. The highest BCUT2D eigenvalue weighted by Crippen LogP contribution is 2.34. The molecule has 0 aliphatic rings. The van der Waals surface area contributed by atoms with Gasteiger partial charge in [0.15, 0.2) is 0 Å². The SMILES string of the molecule is Cc1ccc(N=Nc2ccccc2-c2ccccc2N)cc1. The maximum Gasteiger partial charge on any atom is 0.0936 e. The number of nitrogens with two attached hydrogens (primary N) is 1. The standard InChI is InChI=1S/C19H17N3/c1-14-10-12-15(13-11-14)21-22-19-9-5-3-7-17(19)16-6-2-4-8-18(16)20/h2-13H,20H2,1H3. The van der Waals surface area contributed by atoms with E-state index in [1.54, 1.807) is 0 Å². The number of rotatable bonds is 3. The molecule has 108 valence electrons. The number of nitrogen functional groups attached to an aromatic ring is 1. The van der Waals surface area contributed by atoms with Crippen LogP contribution in [0.1, 0.15) is 5.56 Å². The van der Waals surface area contributed by atoms with Gasteiger partial charge in [0.25, 0.3) is 0 Å². The third kappa shape index (κ3) is 3.04. The fraction of sp³-hybridized carbons (Fsp3) is 0.0526. The Morgan fingerprint density at radius 2 is 1.32 bits per heavy atom. The number of hydrogen-bond acceptors (Lipinski definition) is 3. The second-order valence-electron chi connectivity index (χ2n) is 5.14. The first kappa shape index (κ1) is 14.0. The van der Waals surface area contributed by atoms with E-state index in [-0.39, 0.29) is 0 Å². The lowest BCUT2D eigenvalue weighted by Gasteiger charge is -2.07. The Labute approximate surface area is 130 Å². The van der Waals surface area contributed by atoms with Gasteiger partial charge in [-0.15, -0.1) is 5.11 Å². The van der Waals surface area contributed by atoms with Crippen LogP contribution in [0.3, 0.4) is 0 Å². The van der Waals surface area contributed by atoms with Crippen molar-refractivity contribution in [2.45, 2.75) is 6.92 Å². The van der Waals surface area contributed by atoms with Crippen LogP contribution in [0, 0.1) is 6.92 Å². The van der Waals surface area contributed by atoms with Gasteiger partial charge in [0, 0.05) is 16.8 Å². The maximum atomic E-state index is 6.07. The van der Waals surface area contributed by atoms with Crippen molar-refractivity contribution < 1.29 is 0 Å². The van der Waals surface area contributed by atoms with Gasteiger partial charge >= 0.3 is 0 Å². The molecule has 0 amide bonds. The van der Waals surface area contributed by atoms with Gasteiger partial charge in [-0.1, -0.05) is 54.1 Å². The van der Waals surface area contributed by atoms with E-state index in [1.165, 1.54) is 5.56 Å². The normalized spacial score (nSPS) is 11.0. The smallest absolute Gasteiger partial charge is 0.0936 e. The average Bonchev–Trinajstić information content (AvgIpc) is 2.55. The van der Waals surface area contributed by atoms with Crippen LogP contribution < -0.4 is 5.73 Å². The first-order valence-corrected chi connectivity index (χ1v) is 7.16. The predicted molar refractivity (Wildman–Crippen MR) is 91.6 cm³/mol. The molecule has 0 atom stereocenters. The zero-order valence-electron chi connectivity index (χ0n) is 12.4. The van der Waals surface area contributed by atoms with Gasteiger partial charge in [-0.05, 0) is 31.2 Å². The summed E-state index contributed by atoms with van der Waals surface area (Å²) in [5.74, 6) is 0. The minimum Gasteiger partial charge on any atom is -0.398 e. The van der Waals surface area contributed by atoms with E-state index in [1.807, 2.05) is 72.8 Å². The monoisotopic (exact) mass is 287 g/mol. The third-order valence-corrected chi connectivity index (χ3v) is 3.46. The molecule has 0 bridgehead atoms. The van der Waals surface area contributed by atoms with Crippen molar-refractivity contribution in [3.05, 3.63) is 78.4 Å². The van der Waals surface area contributed by atoms with Crippen LogP contribution in [-0.4, -0.2) is 0 Å². The van der Waals surface area contributed by atoms with Crippen LogP contribution in [-0.2, 0) is 0 Å². The fourth-order valence-corrected chi connectivity index (χ4v) is 2.25. The Hall–Kier alpha value is -2.94. The van der Waals surface area contributed by atoms with Gasteiger partial charge in [0.05, 0.1) is 11.4 Å². The third-order valence-electron chi connectivity index (χ3n) is 3.46. The molecule has 3 aromatic carbocycles. The number of hydrogen-bond donors (Lipinski definition) is 1. The summed E-state index contributed by atoms with van der Waals surface area (Å²) in [6.07, 6.45) is 0. The van der Waals surface area contributed by atoms with Crippen molar-refractivity contribution in [2.75, 3.05) is 5.73 Å². The van der Waals surface area contributed by atoms with Gasteiger partial charge in [-0.25, -0.2) is 0 Å². The van der Waals surface area contributed by atoms with Crippen LogP contribution >= 0.6 is 0 Å². The molecule has 3 aromatic rings. The minimum absolute atomic E-state index is 0.737. The molecule has 0 aliphatic heterocycles. The summed E-state index contributed by atoms with van der Waals surface area (Å²) in [4.78, 5) is 0. The van der Waals surface area contributed by atoms with Crippen molar-refractivity contribution in [2.24, 2.45) is 10.2 Å². The summed E-state index contributed by atoms with van der Waals surface area (Å²) in [5.41, 5.74) is 11.6. The van der Waals surface area contributed by atoms with Gasteiger partial charge in [-0.3, -0.25) is 0 Å². The molecule has 0 saturated carbocycles. The molecule has 0 aromatic heterocycles. The van der Waals surface area contributed by atoms with Crippen molar-refractivity contribution >= 4 is 17.1 Å². The molecule has 3 heteroatoms. The number of benzene rings is 3. The Kier molecular flexibility index (Phi) is 3.97. The van der Waals surface area contributed by atoms with E-state index in [0.29, 0.717) is 0 Å². The first-order valence-electron chi connectivity index (χ1n) is 7.16. The molecule has 3 nitrogen and oxygen atoms in total. The highest BCUT2D eigenvalue weighted by atomic mass is 15.1. The molecule has 0 saturated heterocycles. The van der Waals surface area contributed by atoms with Crippen LogP contribution in [0.25, 0.3) is 11.1 Å². The topological polar surface area (TPSA) is 50.7 Å². The molecule has 0 heterocycles. The quantitative estimate of drug-likeness (QED) is 0.490. The van der Waals surface area contributed by atoms with E-state index in [9.17, 15) is 0 Å². The zero-order chi connectivity index (χ0) is 15.4. The number of aryl methyl sites for hydroxylation is 1. The highest BCUT2D eigenvalue weighted by Gasteiger charge is 2.06. The lowest BCUT2D eigenvalue weighted by molar-refractivity contribution is 1.23. The lowest BCUT2D eigenvalue weighted by Crippen LogP contribution is -1.89. The summed E-state index contributed by atoms with van der Waals surface area (Å²) in [5, 5.41) is 8.71. The van der Waals surface area contributed by atoms with E-state index in [2.05, 4.69) is 17.2 Å². The molecule has 2 N–H and O–H groups in total. The lowest BCUT2D eigenvalue weighted by atomic mass is 10.0. The summed E-state index contributed by atoms with van der Waals surface area (Å²) in [6.45, 7) is 2.05. The molecule has 0 aliphatic carbocycles. The van der Waals surface area contributed by atoms with Crippen molar-refractivity contribution in [1.82, 2.24) is 0 Å². The van der Waals surface area contributed by atoms with Gasteiger partial charge < -0.3 is 5.73 Å². The second kappa shape index (κ2) is 6.22. The van der Waals surface area contributed by atoms with E-state index in [0.717, 1.165) is 28.2 Å². The molecular weight excluding hydrogens is 270 g/mol. The Bertz CT molecular complexity index is 805. The van der Waals surface area contributed by atoms with Crippen LogP contribution in [0.2, 0.25) is 0 Å². The Balaban J connectivity index is 1.98. The summed E-state index contributed by atoms with van der Waals surface area (Å²) in [6, 6.07) is 23.6. The zero-order valence-corrected chi connectivity index (χ0v) is 12.4. The largest absolute Gasteiger partial charge is 0.398 e. The maximum absolute atomic E-state index is 6.07. The predicted octanol–water partition coefficient (Wildman–Crippen LogP) is 5.66. The van der Waals surface area contributed by atoms with E-state index >= 15 is 0 Å². The van der Waals surface area contributed by atoms with Gasteiger partial charge in [-0.2, -0.15) is 5.11 Å². The molecule has 3 rings (SSSR count).